The number of halogens is 2. The van der Waals surface area contributed by atoms with Crippen LogP contribution in [0.25, 0.3) is 22.9 Å². The Labute approximate surface area is 191 Å². The molecule has 0 aromatic carbocycles. The summed E-state index contributed by atoms with van der Waals surface area (Å²) in [5.74, 6) is 0. The van der Waals surface area contributed by atoms with Crippen LogP contribution < -0.4 is 5.32 Å². The van der Waals surface area contributed by atoms with Crippen LogP contribution in [0.3, 0.4) is 0 Å². The molecule has 172 valence electrons. The van der Waals surface area contributed by atoms with E-state index >= 15 is 0 Å². The van der Waals surface area contributed by atoms with Gasteiger partial charge in [-0.15, -0.1) is 0 Å². The minimum atomic E-state index is 0.0938. The maximum atomic E-state index is 6.39. The molecular weight excluding hydrogens is 745 g/mol. The molecule has 0 aromatic rings. The first kappa shape index (κ1) is 38.3. The number of rotatable bonds is 6. The van der Waals surface area contributed by atoms with Gasteiger partial charge in [0.1, 0.15) is 0 Å². The van der Waals surface area contributed by atoms with Gasteiger partial charge < -0.3 is 39.9 Å². The number of piperazine rings is 1. The van der Waals surface area contributed by atoms with Gasteiger partial charge in [0.25, 0.3) is 0 Å². The van der Waals surface area contributed by atoms with Gasteiger partial charge in [-0.3, -0.25) is 4.84 Å². The summed E-state index contributed by atoms with van der Waals surface area (Å²) >= 11 is 3.22. The average Bonchev–Trinajstić information content (AvgIpc) is 2.73. The predicted molar refractivity (Wildman–Crippen MR) is 106 cm³/mol. The first-order valence-electron chi connectivity index (χ1n) is 7.96. The maximum absolute atomic E-state index is 6.39. The first-order valence-corrected chi connectivity index (χ1v) is 13.6. The molecule has 0 bridgehead atoms. The standard InChI is InChI=1S/C6H14N2O.C3H8NO.C3H7N.C2H6N2.2ClH.2Pt/c1-2-9-8-5-3-7-4-6-8;1-2-5-3-4;1-2-3-4;3-1-2-4;;;;/h7H,2-6H2,1H3;4H,2-3H2,1H3;4H,1-3H2;3-4H,1-2H2;2*1H;;/q;-1;2*-2;;;2*+1/p-2. The second kappa shape index (κ2) is 50.4. The Bertz CT molecular complexity index is 168. The van der Waals surface area contributed by atoms with E-state index in [-0.39, 0.29) is 19.8 Å². The molecule has 1 rings (SSSR count). The topological polar surface area (TPSA) is 129 Å². The molecule has 12 heteroatoms. The molecule has 0 saturated carbocycles. The SMILES string of the molecule is CCOC[NH-].CCON1CCNCC1.[CH2-]CC[NH-].[Cl][Pt].[Cl][Pt].[NH-]CC[NH-]. The number of ether oxygens (including phenoxy) is 1. The van der Waals surface area contributed by atoms with E-state index in [1.54, 1.807) is 37.5 Å². The smallest absolute Gasteiger partial charge is 0.171 e. The molecule has 26 heavy (non-hydrogen) atoms. The minimum Gasteiger partial charge on any atom is -0.679 e. The first-order chi connectivity index (χ1) is 12.7. The van der Waals surface area contributed by atoms with Gasteiger partial charge in [0, 0.05) is 32.8 Å². The fraction of sp³-hybridized carbons (Fsp3) is 0.929. The molecule has 1 heterocycles. The third kappa shape index (κ3) is 56.2. The van der Waals surface area contributed by atoms with Crippen LogP contribution in [0.5, 0.6) is 0 Å². The van der Waals surface area contributed by atoms with Crippen LogP contribution in [0.1, 0.15) is 20.3 Å². The van der Waals surface area contributed by atoms with Gasteiger partial charge in [0.2, 0.25) is 0 Å². The molecule has 1 fully saturated rings. The number of hydroxylamine groups is 2. The number of nitrogens with zero attached hydrogens (tertiary/aromatic N) is 1. The predicted octanol–water partition coefficient (Wildman–Crippen LogP) is 4.60. The Kier molecular flexibility index (Phi) is 74.2. The summed E-state index contributed by atoms with van der Waals surface area (Å²) in [7, 11) is 9.22. The van der Waals surface area contributed by atoms with Crippen LogP contribution in [-0.4, -0.2) is 70.8 Å². The van der Waals surface area contributed by atoms with E-state index in [2.05, 4.69) is 35.8 Å². The zero-order valence-electron chi connectivity index (χ0n) is 15.6. The second-order valence-electron chi connectivity index (χ2n) is 3.84. The Morgan fingerprint density at radius 1 is 0.923 bits per heavy atom. The van der Waals surface area contributed by atoms with Gasteiger partial charge in [-0.1, -0.05) is 0 Å². The molecule has 0 aromatic heterocycles. The summed E-state index contributed by atoms with van der Waals surface area (Å²) in [5.41, 5.74) is 25.3. The average molecular weight is 781 g/mol. The summed E-state index contributed by atoms with van der Waals surface area (Å²) in [6, 6.07) is 0. The van der Waals surface area contributed by atoms with Crippen molar-refractivity contribution in [2.75, 3.05) is 65.8 Å². The van der Waals surface area contributed by atoms with Crippen LogP contribution in [0.4, 0.5) is 0 Å². The number of nitrogens with one attached hydrogen (secondary N) is 5. The van der Waals surface area contributed by atoms with Crippen LogP contribution >= 0.6 is 18.8 Å². The fourth-order valence-electron chi connectivity index (χ4n) is 1.06. The van der Waals surface area contributed by atoms with Crippen molar-refractivity contribution in [2.24, 2.45) is 0 Å². The van der Waals surface area contributed by atoms with E-state index < -0.39 is 0 Å². The monoisotopic (exact) mass is 779 g/mol. The molecule has 1 saturated heterocycles. The van der Waals surface area contributed by atoms with Crippen molar-refractivity contribution >= 4 is 18.8 Å². The molecular formula is C14H35Cl2N6O2Pt2-5. The van der Waals surface area contributed by atoms with Crippen molar-refractivity contribution in [3.8, 4) is 0 Å². The van der Waals surface area contributed by atoms with Crippen molar-refractivity contribution in [1.82, 2.24) is 10.4 Å². The van der Waals surface area contributed by atoms with Crippen molar-refractivity contribution in [3.05, 3.63) is 29.9 Å². The van der Waals surface area contributed by atoms with Crippen molar-refractivity contribution in [2.45, 2.75) is 20.3 Å². The maximum Gasteiger partial charge on any atom is -0.171 e. The quantitative estimate of drug-likeness (QED) is 0.396. The number of hydrogen-bond acceptors (Lipinski definition) is 4. The second-order valence-corrected chi connectivity index (χ2v) is 3.84. The van der Waals surface area contributed by atoms with Crippen molar-refractivity contribution in [3.63, 3.8) is 0 Å². The molecule has 5 N–H and O–H groups in total. The van der Waals surface area contributed by atoms with Crippen LogP contribution in [0.2, 0.25) is 0 Å². The van der Waals surface area contributed by atoms with E-state index in [1.165, 1.54) is 0 Å². The van der Waals surface area contributed by atoms with Gasteiger partial charge in [0.15, 0.2) is 0 Å². The van der Waals surface area contributed by atoms with E-state index in [0.717, 1.165) is 39.2 Å². The van der Waals surface area contributed by atoms with Gasteiger partial charge in [-0.2, -0.15) is 24.7 Å². The molecule has 8 nitrogen and oxygen atoms in total. The molecule has 0 radical (unpaired) electrons. The van der Waals surface area contributed by atoms with E-state index in [1.807, 2.05) is 18.9 Å². The largest absolute Gasteiger partial charge is 0.679 e. The molecule has 0 spiro atoms. The molecule has 1 aliphatic rings. The summed E-state index contributed by atoms with van der Waals surface area (Å²) in [6.45, 7) is 13.9. The van der Waals surface area contributed by atoms with Crippen molar-refractivity contribution in [1.29, 1.82) is 0 Å². The van der Waals surface area contributed by atoms with Crippen molar-refractivity contribution < 1.29 is 47.1 Å². The molecule has 1 aliphatic heterocycles. The number of hydrogen-bond donors (Lipinski definition) is 1. The Morgan fingerprint density at radius 2 is 1.35 bits per heavy atom. The zero-order chi connectivity index (χ0) is 21.5. The summed E-state index contributed by atoms with van der Waals surface area (Å²) in [5, 5.41) is 5.26. The summed E-state index contributed by atoms with van der Waals surface area (Å²) in [6.07, 6.45) is 0.736. The molecule has 0 unspecified atom stereocenters. The van der Waals surface area contributed by atoms with Gasteiger partial charge in [-0.05, 0) is 20.6 Å². The Hall–Kier alpha value is 1.64. The van der Waals surface area contributed by atoms with E-state index in [9.17, 15) is 0 Å². The zero-order valence-corrected chi connectivity index (χ0v) is 21.7. The third-order valence-electron chi connectivity index (χ3n) is 2.00. The summed E-state index contributed by atoms with van der Waals surface area (Å²) < 4.78 is 4.50. The Morgan fingerprint density at radius 3 is 1.54 bits per heavy atom. The van der Waals surface area contributed by atoms with E-state index in [0.29, 0.717) is 13.2 Å². The third-order valence-corrected chi connectivity index (χ3v) is 2.00. The van der Waals surface area contributed by atoms with Gasteiger partial charge in [0.05, 0.1) is 6.61 Å². The van der Waals surface area contributed by atoms with Gasteiger partial charge in [-0.25, -0.2) is 6.42 Å². The molecule has 0 atom stereocenters. The minimum absolute atomic E-state index is 0.0938. The molecule has 0 amide bonds. The van der Waals surface area contributed by atoms with E-state index in [4.69, 9.17) is 27.8 Å². The normalized spacial score (nSPS) is 12.2. The molecule has 0 aliphatic carbocycles. The van der Waals surface area contributed by atoms with Gasteiger partial charge >= 0.3 is 56.4 Å². The Balaban J connectivity index is -0.0000000753. The van der Waals surface area contributed by atoms with Crippen LogP contribution in [0.15, 0.2) is 0 Å². The fourth-order valence-corrected chi connectivity index (χ4v) is 1.06. The summed E-state index contributed by atoms with van der Waals surface area (Å²) in [4.78, 5) is 5.28. The van der Waals surface area contributed by atoms with Crippen LogP contribution in [0, 0.1) is 6.92 Å². The van der Waals surface area contributed by atoms with Crippen LogP contribution in [-0.2, 0) is 47.1 Å².